The maximum atomic E-state index is 4.81. The van der Waals surface area contributed by atoms with Crippen molar-refractivity contribution in [2.45, 2.75) is 39.2 Å². The molecule has 3 rings (SSSR count). The standard InChI is InChI=1S/C15H22N4/c1-11(2)19-14-5-8-17-10-13(14)18-15(19)9-12-3-6-16-7-4-12/h5,8,10-12,16H,3-4,6-7,9H2,1-2H3. The van der Waals surface area contributed by atoms with E-state index in [2.05, 4.69) is 34.8 Å². The summed E-state index contributed by atoms with van der Waals surface area (Å²) in [5.41, 5.74) is 2.24. The maximum absolute atomic E-state index is 4.81. The first-order valence-electron chi connectivity index (χ1n) is 7.27. The van der Waals surface area contributed by atoms with Crippen LogP contribution in [-0.2, 0) is 6.42 Å². The fourth-order valence-electron chi connectivity index (χ4n) is 3.06. The quantitative estimate of drug-likeness (QED) is 0.920. The Hall–Kier alpha value is -1.42. The average Bonchev–Trinajstić information content (AvgIpc) is 2.77. The van der Waals surface area contributed by atoms with Crippen molar-refractivity contribution in [2.75, 3.05) is 13.1 Å². The molecule has 0 aliphatic carbocycles. The fraction of sp³-hybridized carbons (Fsp3) is 0.600. The Morgan fingerprint density at radius 1 is 1.37 bits per heavy atom. The molecule has 0 amide bonds. The highest BCUT2D eigenvalue weighted by Gasteiger charge is 2.19. The lowest BCUT2D eigenvalue weighted by molar-refractivity contribution is 0.361. The van der Waals surface area contributed by atoms with Gasteiger partial charge in [-0.05, 0) is 51.8 Å². The summed E-state index contributed by atoms with van der Waals surface area (Å²) in [5, 5.41) is 3.43. The smallest absolute Gasteiger partial charge is 0.110 e. The fourth-order valence-corrected chi connectivity index (χ4v) is 3.06. The number of nitrogens with zero attached hydrogens (tertiary/aromatic N) is 3. The molecular weight excluding hydrogens is 236 g/mol. The number of hydrogen-bond donors (Lipinski definition) is 1. The second kappa shape index (κ2) is 5.29. The van der Waals surface area contributed by atoms with E-state index in [1.807, 2.05) is 12.4 Å². The van der Waals surface area contributed by atoms with Crippen LogP contribution in [0.5, 0.6) is 0 Å². The summed E-state index contributed by atoms with van der Waals surface area (Å²) in [6, 6.07) is 2.53. The zero-order valence-corrected chi connectivity index (χ0v) is 11.8. The Labute approximate surface area is 114 Å². The Morgan fingerprint density at radius 2 is 2.16 bits per heavy atom. The van der Waals surface area contributed by atoms with E-state index in [4.69, 9.17) is 4.98 Å². The van der Waals surface area contributed by atoms with Crippen LogP contribution in [-0.4, -0.2) is 27.6 Å². The van der Waals surface area contributed by atoms with Crippen LogP contribution >= 0.6 is 0 Å². The zero-order chi connectivity index (χ0) is 13.2. The van der Waals surface area contributed by atoms with E-state index in [-0.39, 0.29) is 0 Å². The number of hydrogen-bond acceptors (Lipinski definition) is 3. The summed E-state index contributed by atoms with van der Waals surface area (Å²) in [6.45, 7) is 6.75. The molecule has 0 aromatic carbocycles. The monoisotopic (exact) mass is 258 g/mol. The van der Waals surface area contributed by atoms with Crippen molar-refractivity contribution in [3.63, 3.8) is 0 Å². The van der Waals surface area contributed by atoms with E-state index in [0.717, 1.165) is 30.9 Å². The van der Waals surface area contributed by atoms with E-state index in [1.165, 1.54) is 24.2 Å². The lowest BCUT2D eigenvalue weighted by Gasteiger charge is -2.23. The van der Waals surface area contributed by atoms with Crippen molar-refractivity contribution in [2.24, 2.45) is 5.92 Å². The first kappa shape index (κ1) is 12.6. The van der Waals surface area contributed by atoms with Gasteiger partial charge in [-0.2, -0.15) is 0 Å². The van der Waals surface area contributed by atoms with Gasteiger partial charge in [-0.3, -0.25) is 4.98 Å². The maximum Gasteiger partial charge on any atom is 0.110 e. The van der Waals surface area contributed by atoms with Crippen LogP contribution in [0.15, 0.2) is 18.5 Å². The summed E-state index contributed by atoms with van der Waals surface area (Å²) in [6.07, 6.45) is 7.35. The molecule has 1 saturated heterocycles. The van der Waals surface area contributed by atoms with Crippen molar-refractivity contribution in [3.05, 3.63) is 24.3 Å². The third-order valence-corrected chi connectivity index (χ3v) is 4.01. The second-order valence-electron chi connectivity index (χ2n) is 5.75. The Kier molecular flexibility index (Phi) is 3.51. The molecule has 1 N–H and O–H groups in total. The minimum atomic E-state index is 0.448. The molecule has 19 heavy (non-hydrogen) atoms. The molecule has 0 unspecified atom stereocenters. The van der Waals surface area contributed by atoms with E-state index in [0.29, 0.717) is 6.04 Å². The number of rotatable bonds is 3. The molecule has 1 fully saturated rings. The summed E-state index contributed by atoms with van der Waals surface area (Å²) >= 11 is 0. The predicted molar refractivity (Wildman–Crippen MR) is 77.2 cm³/mol. The molecule has 102 valence electrons. The van der Waals surface area contributed by atoms with Crippen LogP contribution < -0.4 is 5.32 Å². The lowest BCUT2D eigenvalue weighted by Crippen LogP contribution is -2.29. The third-order valence-electron chi connectivity index (χ3n) is 4.01. The Bertz CT molecular complexity index is 552. The predicted octanol–water partition coefficient (Wildman–Crippen LogP) is 2.55. The molecule has 0 saturated carbocycles. The highest BCUT2D eigenvalue weighted by atomic mass is 15.1. The van der Waals surface area contributed by atoms with E-state index < -0.39 is 0 Å². The van der Waals surface area contributed by atoms with E-state index >= 15 is 0 Å². The molecule has 4 heteroatoms. The van der Waals surface area contributed by atoms with Crippen molar-refractivity contribution in [3.8, 4) is 0 Å². The number of aromatic nitrogens is 3. The van der Waals surface area contributed by atoms with Gasteiger partial charge in [-0.1, -0.05) is 0 Å². The van der Waals surface area contributed by atoms with Crippen LogP contribution in [0.3, 0.4) is 0 Å². The first-order valence-corrected chi connectivity index (χ1v) is 7.27. The summed E-state index contributed by atoms with van der Waals surface area (Å²) < 4.78 is 2.37. The minimum Gasteiger partial charge on any atom is -0.325 e. The second-order valence-corrected chi connectivity index (χ2v) is 5.75. The van der Waals surface area contributed by atoms with Crippen molar-refractivity contribution in [1.29, 1.82) is 0 Å². The molecule has 0 radical (unpaired) electrons. The molecule has 0 bridgehead atoms. The van der Waals surface area contributed by atoms with Crippen molar-refractivity contribution < 1.29 is 0 Å². The molecule has 0 spiro atoms. The van der Waals surface area contributed by atoms with Gasteiger partial charge in [0, 0.05) is 18.7 Å². The number of pyridine rings is 1. The largest absolute Gasteiger partial charge is 0.325 e. The molecule has 2 aromatic rings. The van der Waals surface area contributed by atoms with Gasteiger partial charge in [0.25, 0.3) is 0 Å². The van der Waals surface area contributed by atoms with Gasteiger partial charge in [0.05, 0.1) is 11.7 Å². The minimum absolute atomic E-state index is 0.448. The van der Waals surface area contributed by atoms with Gasteiger partial charge in [0.15, 0.2) is 0 Å². The van der Waals surface area contributed by atoms with E-state index in [1.54, 1.807) is 0 Å². The van der Waals surface area contributed by atoms with Gasteiger partial charge in [-0.25, -0.2) is 4.98 Å². The van der Waals surface area contributed by atoms with E-state index in [9.17, 15) is 0 Å². The number of imidazole rings is 1. The Balaban J connectivity index is 1.95. The Morgan fingerprint density at radius 3 is 2.89 bits per heavy atom. The van der Waals surface area contributed by atoms with Crippen molar-refractivity contribution in [1.82, 2.24) is 19.9 Å². The van der Waals surface area contributed by atoms with Crippen LogP contribution in [0, 0.1) is 5.92 Å². The molecule has 1 aliphatic heterocycles. The lowest BCUT2D eigenvalue weighted by atomic mass is 9.94. The number of piperidine rings is 1. The summed E-state index contributed by atoms with van der Waals surface area (Å²) in [5.74, 6) is 1.99. The van der Waals surface area contributed by atoms with Crippen LogP contribution in [0.2, 0.25) is 0 Å². The van der Waals surface area contributed by atoms with Crippen LogP contribution in [0.4, 0.5) is 0 Å². The molecule has 1 aliphatic rings. The van der Waals surface area contributed by atoms with Gasteiger partial charge in [0.1, 0.15) is 11.3 Å². The van der Waals surface area contributed by atoms with Gasteiger partial charge >= 0.3 is 0 Å². The zero-order valence-electron chi connectivity index (χ0n) is 11.8. The molecule has 0 atom stereocenters. The highest BCUT2D eigenvalue weighted by molar-refractivity contribution is 5.74. The number of fused-ring (bicyclic) bond motifs is 1. The summed E-state index contributed by atoms with van der Waals surface area (Å²) in [7, 11) is 0. The van der Waals surface area contributed by atoms with Gasteiger partial charge in [0.2, 0.25) is 0 Å². The SMILES string of the molecule is CC(C)n1c(CC2CCNCC2)nc2cnccc21. The average molecular weight is 258 g/mol. The van der Waals surface area contributed by atoms with Gasteiger partial charge < -0.3 is 9.88 Å². The number of nitrogens with one attached hydrogen (secondary N) is 1. The van der Waals surface area contributed by atoms with Crippen molar-refractivity contribution >= 4 is 11.0 Å². The van der Waals surface area contributed by atoms with Crippen LogP contribution in [0.1, 0.15) is 38.6 Å². The molecule has 2 aromatic heterocycles. The molecular formula is C15H22N4. The highest BCUT2D eigenvalue weighted by Crippen LogP contribution is 2.24. The first-order chi connectivity index (χ1) is 9.25. The van der Waals surface area contributed by atoms with Gasteiger partial charge in [-0.15, -0.1) is 0 Å². The topological polar surface area (TPSA) is 42.7 Å². The molecule has 4 nitrogen and oxygen atoms in total. The normalized spacial score (nSPS) is 17.4. The molecule has 3 heterocycles. The third kappa shape index (κ3) is 2.50. The van der Waals surface area contributed by atoms with Crippen LogP contribution in [0.25, 0.3) is 11.0 Å². The summed E-state index contributed by atoms with van der Waals surface area (Å²) in [4.78, 5) is 9.00.